The minimum atomic E-state index is -0.0340. The second-order valence-electron chi connectivity index (χ2n) is 8.27. The highest BCUT2D eigenvalue weighted by atomic mass is 16.3. The molecule has 0 aromatic carbocycles. The summed E-state index contributed by atoms with van der Waals surface area (Å²) in [4.78, 5) is 12.4. The van der Waals surface area contributed by atoms with Gasteiger partial charge in [0.1, 0.15) is 5.78 Å². The molecule has 0 heterocycles. The van der Waals surface area contributed by atoms with E-state index in [1.54, 1.807) is 5.57 Å². The summed E-state index contributed by atoms with van der Waals surface area (Å²) in [6.07, 6.45) is 12.6. The van der Waals surface area contributed by atoms with Gasteiger partial charge in [-0.3, -0.25) is 4.79 Å². The van der Waals surface area contributed by atoms with E-state index in [4.69, 9.17) is 0 Å². The number of rotatable bonds is 1. The van der Waals surface area contributed by atoms with Gasteiger partial charge in [-0.05, 0) is 69.1 Å². The predicted molar refractivity (Wildman–Crippen MR) is 82.7 cm³/mol. The number of allylic oxidation sites excluding steroid dienone is 1. The molecule has 0 saturated heterocycles. The fourth-order valence-electron chi connectivity index (χ4n) is 6.60. The van der Waals surface area contributed by atoms with Crippen molar-refractivity contribution in [3.63, 3.8) is 0 Å². The zero-order chi connectivity index (χ0) is 14.7. The molecule has 2 heteroatoms. The van der Waals surface area contributed by atoms with Gasteiger partial charge in [0.05, 0.1) is 6.61 Å². The van der Waals surface area contributed by atoms with E-state index in [0.29, 0.717) is 30.1 Å². The van der Waals surface area contributed by atoms with E-state index in [-0.39, 0.29) is 10.8 Å². The first-order chi connectivity index (χ1) is 10.1. The zero-order valence-electron chi connectivity index (χ0n) is 13.2. The number of ketones is 1. The lowest BCUT2D eigenvalue weighted by atomic mass is 9.47. The molecule has 0 aromatic rings. The number of hydrogen-bond donors (Lipinski definition) is 1. The normalized spacial score (nSPS) is 49.1. The standard InChI is InChI=1S/C19H28O2/c1-18-11-9-16-14(15(18)7-8-17(18)21)6-5-13-4-2-3-10-19(13,16)12-20/h4,14-16,20H,2-3,5-12H2,1H3/t14?,15?,16?,18-,19+/m0/s1. The number of carbonyl (C=O) groups excluding carboxylic acids is 1. The van der Waals surface area contributed by atoms with Gasteiger partial charge in [0, 0.05) is 17.3 Å². The molecule has 21 heavy (non-hydrogen) atoms. The lowest BCUT2D eigenvalue weighted by Crippen LogP contribution is -2.52. The Balaban J connectivity index is 1.72. The summed E-state index contributed by atoms with van der Waals surface area (Å²) in [7, 11) is 0. The molecule has 0 aromatic heterocycles. The number of Topliss-reactive ketones (excluding diaryl/α,β-unsaturated/α-hetero) is 1. The summed E-state index contributed by atoms with van der Waals surface area (Å²) >= 11 is 0. The van der Waals surface area contributed by atoms with Gasteiger partial charge in [0.25, 0.3) is 0 Å². The van der Waals surface area contributed by atoms with Crippen molar-refractivity contribution in [2.75, 3.05) is 6.61 Å². The van der Waals surface area contributed by atoms with Crippen LogP contribution in [0.5, 0.6) is 0 Å². The molecule has 0 radical (unpaired) electrons. The number of aliphatic hydroxyl groups is 1. The van der Waals surface area contributed by atoms with Gasteiger partial charge in [-0.25, -0.2) is 0 Å². The van der Waals surface area contributed by atoms with Crippen LogP contribution in [-0.2, 0) is 4.79 Å². The van der Waals surface area contributed by atoms with Crippen molar-refractivity contribution in [2.45, 2.75) is 64.7 Å². The molecule has 0 amide bonds. The van der Waals surface area contributed by atoms with Crippen molar-refractivity contribution in [1.82, 2.24) is 0 Å². The van der Waals surface area contributed by atoms with Crippen molar-refractivity contribution < 1.29 is 9.90 Å². The van der Waals surface area contributed by atoms with Crippen molar-refractivity contribution >= 4 is 5.78 Å². The van der Waals surface area contributed by atoms with E-state index < -0.39 is 0 Å². The second kappa shape index (κ2) is 4.68. The molecular weight excluding hydrogens is 260 g/mol. The van der Waals surface area contributed by atoms with Gasteiger partial charge in [-0.2, -0.15) is 0 Å². The molecule has 5 atom stereocenters. The molecule has 116 valence electrons. The summed E-state index contributed by atoms with van der Waals surface area (Å²) in [5.74, 6) is 2.43. The fraction of sp³-hybridized carbons (Fsp3) is 0.842. The molecule has 4 rings (SSSR count). The second-order valence-corrected chi connectivity index (χ2v) is 8.27. The highest BCUT2D eigenvalue weighted by Crippen LogP contribution is 2.64. The summed E-state index contributed by atoms with van der Waals surface area (Å²) in [5.41, 5.74) is 1.60. The molecule has 3 fully saturated rings. The first-order valence-electron chi connectivity index (χ1n) is 8.95. The molecule has 3 saturated carbocycles. The summed E-state index contributed by atoms with van der Waals surface area (Å²) in [6, 6.07) is 0. The van der Waals surface area contributed by atoms with Crippen LogP contribution in [0.15, 0.2) is 11.6 Å². The van der Waals surface area contributed by atoms with Gasteiger partial charge in [-0.15, -0.1) is 0 Å². The summed E-state index contributed by atoms with van der Waals surface area (Å²) in [5, 5.41) is 10.3. The summed E-state index contributed by atoms with van der Waals surface area (Å²) < 4.78 is 0. The van der Waals surface area contributed by atoms with Gasteiger partial charge < -0.3 is 5.11 Å². The van der Waals surface area contributed by atoms with Crippen molar-refractivity contribution in [1.29, 1.82) is 0 Å². The molecule has 4 aliphatic carbocycles. The van der Waals surface area contributed by atoms with E-state index in [2.05, 4.69) is 13.0 Å². The highest BCUT2D eigenvalue weighted by Gasteiger charge is 2.59. The first-order valence-corrected chi connectivity index (χ1v) is 8.95. The van der Waals surface area contributed by atoms with Crippen molar-refractivity contribution in [3.8, 4) is 0 Å². The molecule has 0 aliphatic heterocycles. The van der Waals surface area contributed by atoms with E-state index >= 15 is 0 Å². The lowest BCUT2D eigenvalue weighted by molar-refractivity contribution is -0.133. The molecule has 3 unspecified atom stereocenters. The number of aliphatic hydroxyl groups excluding tert-OH is 1. The SMILES string of the molecule is C[C@]12CCC3C(CCC4=CCCC[C@@]43CO)C1CCC2=O. The number of hydrogen-bond acceptors (Lipinski definition) is 2. The molecule has 4 aliphatic rings. The topological polar surface area (TPSA) is 37.3 Å². The van der Waals surface area contributed by atoms with Crippen LogP contribution in [0.3, 0.4) is 0 Å². The van der Waals surface area contributed by atoms with Crippen molar-refractivity contribution in [2.24, 2.45) is 28.6 Å². The molecule has 1 N–H and O–H groups in total. The Hall–Kier alpha value is -0.630. The van der Waals surface area contributed by atoms with Gasteiger partial charge >= 0.3 is 0 Å². The maximum absolute atomic E-state index is 12.4. The van der Waals surface area contributed by atoms with Gasteiger partial charge in [0.15, 0.2) is 0 Å². The van der Waals surface area contributed by atoms with Gasteiger partial charge in [0.2, 0.25) is 0 Å². The average Bonchev–Trinajstić information content (AvgIpc) is 2.82. The smallest absolute Gasteiger partial charge is 0.139 e. The van der Waals surface area contributed by atoms with Crippen LogP contribution in [0.25, 0.3) is 0 Å². The van der Waals surface area contributed by atoms with Crippen LogP contribution >= 0.6 is 0 Å². The minimum absolute atomic E-state index is 0.0340. The third-order valence-electron chi connectivity index (χ3n) is 7.74. The fourth-order valence-corrected chi connectivity index (χ4v) is 6.60. The Morgan fingerprint density at radius 2 is 2.05 bits per heavy atom. The third kappa shape index (κ3) is 1.72. The quantitative estimate of drug-likeness (QED) is 0.743. The maximum Gasteiger partial charge on any atom is 0.139 e. The Labute approximate surface area is 128 Å². The van der Waals surface area contributed by atoms with E-state index in [1.807, 2.05) is 0 Å². The van der Waals surface area contributed by atoms with Crippen LogP contribution in [0.2, 0.25) is 0 Å². The lowest BCUT2D eigenvalue weighted by Gasteiger charge is -2.57. The zero-order valence-corrected chi connectivity index (χ0v) is 13.2. The van der Waals surface area contributed by atoms with E-state index in [9.17, 15) is 9.90 Å². The Morgan fingerprint density at radius 3 is 2.86 bits per heavy atom. The molecule has 2 nitrogen and oxygen atoms in total. The van der Waals surface area contributed by atoms with Crippen LogP contribution < -0.4 is 0 Å². The summed E-state index contributed by atoms with van der Waals surface area (Å²) in [6.45, 7) is 2.57. The Kier molecular flexibility index (Phi) is 3.12. The first kappa shape index (κ1) is 14.0. The number of fused-ring (bicyclic) bond motifs is 5. The van der Waals surface area contributed by atoms with Gasteiger partial charge in [-0.1, -0.05) is 18.6 Å². The van der Waals surface area contributed by atoms with Crippen LogP contribution in [0.1, 0.15) is 64.7 Å². The van der Waals surface area contributed by atoms with Crippen LogP contribution in [0, 0.1) is 28.6 Å². The van der Waals surface area contributed by atoms with E-state index in [1.165, 1.54) is 32.1 Å². The van der Waals surface area contributed by atoms with Crippen molar-refractivity contribution in [3.05, 3.63) is 11.6 Å². The maximum atomic E-state index is 12.4. The van der Waals surface area contributed by atoms with E-state index in [0.717, 1.165) is 25.7 Å². The Morgan fingerprint density at radius 1 is 1.19 bits per heavy atom. The number of carbonyl (C=O) groups is 1. The highest BCUT2D eigenvalue weighted by molar-refractivity contribution is 5.87. The minimum Gasteiger partial charge on any atom is -0.395 e. The molecule has 0 spiro atoms. The largest absolute Gasteiger partial charge is 0.395 e. The third-order valence-corrected chi connectivity index (χ3v) is 7.74. The van der Waals surface area contributed by atoms with Crippen LogP contribution in [-0.4, -0.2) is 17.5 Å². The monoisotopic (exact) mass is 288 g/mol. The average molecular weight is 288 g/mol. The molecular formula is C19H28O2. The Bertz CT molecular complexity index is 494. The molecule has 0 bridgehead atoms. The predicted octanol–water partition coefficient (Wildman–Crippen LogP) is 3.88. The van der Waals surface area contributed by atoms with Crippen LogP contribution in [0.4, 0.5) is 0 Å².